The Balaban J connectivity index is 2.34. The SMILES string of the molecule is COc1cc(/C=C/C(=O)c2ccc(C)c(C)c2)cc([N+](=O)[O-])c1[O-]. The number of hydrogen-bond acceptors (Lipinski definition) is 5. The van der Waals surface area contributed by atoms with E-state index in [0.29, 0.717) is 11.1 Å². The summed E-state index contributed by atoms with van der Waals surface area (Å²) in [4.78, 5) is 22.4. The zero-order valence-corrected chi connectivity index (χ0v) is 13.5. The summed E-state index contributed by atoms with van der Waals surface area (Å²) in [5, 5.41) is 22.7. The van der Waals surface area contributed by atoms with Crippen LogP contribution < -0.4 is 9.84 Å². The van der Waals surface area contributed by atoms with E-state index in [1.165, 1.54) is 25.3 Å². The molecule has 0 atom stereocenters. The van der Waals surface area contributed by atoms with Crippen LogP contribution in [0.5, 0.6) is 11.5 Å². The molecule has 0 aromatic heterocycles. The molecule has 2 rings (SSSR count). The lowest BCUT2D eigenvalue weighted by molar-refractivity contribution is -0.398. The van der Waals surface area contributed by atoms with Crippen molar-refractivity contribution < 1.29 is 19.6 Å². The van der Waals surface area contributed by atoms with Gasteiger partial charge in [0.1, 0.15) is 5.75 Å². The minimum atomic E-state index is -0.792. The van der Waals surface area contributed by atoms with Gasteiger partial charge in [-0.1, -0.05) is 18.2 Å². The van der Waals surface area contributed by atoms with E-state index in [-0.39, 0.29) is 11.5 Å². The van der Waals surface area contributed by atoms with Crippen LogP contribution in [0, 0.1) is 24.0 Å². The van der Waals surface area contributed by atoms with Crippen LogP contribution in [0.1, 0.15) is 27.0 Å². The molecule has 2 aromatic carbocycles. The Bertz CT molecular complexity index is 840. The molecule has 0 N–H and O–H groups in total. The highest BCUT2D eigenvalue weighted by Gasteiger charge is 2.12. The zero-order chi connectivity index (χ0) is 17.9. The zero-order valence-electron chi connectivity index (χ0n) is 13.5. The normalized spacial score (nSPS) is 10.8. The van der Waals surface area contributed by atoms with Gasteiger partial charge >= 0.3 is 0 Å². The van der Waals surface area contributed by atoms with Crippen LogP contribution in [0.2, 0.25) is 0 Å². The highest BCUT2D eigenvalue weighted by atomic mass is 16.6. The molecule has 6 heteroatoms. The van der Waals surface area contributed by atoms with E-state index >= 15 is 0 Å². The summed E-state index contributed by atoms with van der Waals surface area (Å²) < 4.78 is 4.86. The Morgan fingerprint density at radius 1 is 1.17 bits per heavy atom. The highest BCUT2D eigenvalue weighted by Crippen LogP contribution is 2.34. The quantitative estimate of drug-likeness (QED) is 0.364. The number of nitrogens with zero attached hydrogens (tertiary/aromatic N) is 1. The van der Waals surface area contributed by atoms with Crippen LogP contribution in [0.3, 0.4) is 0 Å². The fourth-order valence-electron chi connectivity index (χ4n) is 2.15. The molecule has 6 nitrogen and oxygen atoms in total. The van der Waals surface area contributed by atoms with E-state index in [9.17, 15) is 20.0 Å². The third kappa shape index (κ3) is 3.60. The monoisotopic (exact) mass is 326 g/mol. The van der Waals surface area contributed by atoms with Gasteiger partial charge in [0.25, 0.3) is 5.69 Å². The predicted molar refractivity (Wildman–Crippen MR) is 88.4 cm³/mol. The van der Waals surface area contributed by atoms with Crippen molar-refractivity contribution in [2.75, 3.05) is 7.11 Å². The predicted octanol–water partition coefficient (Wildman–Crippen LogP) is 3.19. The van der Waals surface area contributed by atoms with Crippen LogP contribution in [0.4, 0.5) is 5.69 Å². The highest BCUT2D eigenvalue weighted by molar-refractivity contribution is 6.07. The number of allylic oxidation sites excluding steroid dienone is 1. The largest absolute Gasteiger partial charge is 0.865 e. The smallest absolute Gasteiger partial charge is 0.266 e. The van der Waals surface area contributed by atoms with Gasteiger partial charge in [-0.3, -0.25) is 14.9 Å². The second-order valence-corrected chi connectivity index (χ2v) is 5.33. The molecule has 0 heterocycles. The first kappa shape index (κ1) is 17.2. The number of benzene rings is 2. The Morgan fingerprint density at radius 2 is 1.88 bits per heavy atom. The van der Waals surface area contributed by atoms with Gasteiger partial charge in [0, 0.05) is 17.4 Å². The molecule has 0 aliphatic heterocycles. The van der Waals surface area contributed by atoms with Crippen molar-refractivity contribution in [3.8, 4) is 11.5 Å². The average Bonchev–Trinajstić information content (AvgIpc) is 2.55. The fraction of sp³-hybridized carbons (Fsp3) is 0.167. The fourth-order valence-corrected chi connectivity index (χ4v) is 2.15. The van der Waals surface area contributed by atoms with Crippen LogP contribution in [0.25, 0.3) is 6.08 Å². The molecule has 0 amide bonds. The van der Waals surface area contributed by atoms with E-state index in [1.807, 2.05) is 19.9 Å². The summed E-state index contributed by atoms with van der Waals surface area (Å²) in [7, 11) is 1.26. The first-order valence-corrected chi connectivity index (χ1v) is 7.16. The second kappa shape index (κ2) is 6.95. The Kier molecular flexibility index (Phi) is 4.99. The van der Waals surface area contributed by atoms with E-state index in [0.717, 1.165) is 17.2 Å². The minimum Gasteiger partial charge on any atom is -0.865 e. The molecule has 0 spiro atoms. The number of nitro benzene ring substituents is 1. The summed E-state index contributed by atoms with van der Waals surface area (Å²) in [6.45, 7) is 3.87. The van der Waals surface area contributed by atoms with Crippen molar-refractivity contribution in [1.29, 1.82) is 0 Å². The van der Waals surface area contributed by atoms with E-state index < -0.39 is 16.4 Å². The Hall–Kier alpha value is -3.15. The van der Waals surface area contributed by atoms with Gasteiger partial charge in [0.05, 0.1) is 12.0 Å². The number of rotatable bonds is 5. The summed E-state index contributed by atoms with van der Waals surface area (Å²) >= 11 is 0. The topological polar surface area (TPSA) is 92.5 Å². The molecule has 0 saturated carbocycles. The number of aryl methyl sites for hydroxylation is 2. The molecule has 2 aromatic rings. The molecule has 0 saturated heterocycles. The van der Waals surface area contributed by atoms with Crippen LogP contribution in [-0.2, 0) is 0 Å². The van der Waals surface area contributed by atoms with Crippen molar-refractivity contribution in [3.05, 3.63) is 68.8 Å². The maximum Gasteiger partial charge on any atom is 0.266 e. The maximum atomic E-state index is 12.2. The number of methoxy groups -OCH3 is 1. The van der Waals surface area contributed by atoms with Gasteiger partial charge in [-0.25, -0.2) is 0 Å². The van der Waals surface area contributed by atoms with Gasteiger partial charge in [0.2, 0.25) is 0 Å². The summed E-state index contributed by atoms with van der Waals surface area (Å²) in [5.74, 6) is -1.16. The number of hydrogen-bond donors (Lipinski definition) is 0. The molecule has 0 aliphatic rings. The van der Waals surface area contributed by atoms with Crippen molar-refractivity contribution in [3.63, 3.8) is 0 Å². The molecule has 124 valence electrons. The molecule has 0 radical (unpaired) electrons. The number of carbonyl (C=O) groups excluding carboxylic acids is 1. The van der Waals surface area contributed by atoms with Gasteiger partial charge in [-0.2, -0.15) is 0 Å². The van der Waals surface area contributed by atoms with Crippen molar-refractivity contribution in [2.24, 2.45) is 0 Å². The molecular formula is C18H16NO5-. The maximum absolute atomic E-state index is 12.2. The first-order valence-electron chi connectivity index (χ1n) is 7.16. The minimum absolute atomic E-state index is 0.137. The summed E-state index contributed by atoms with van der Waals surface area (Å²) in [6.07, 6.45) is 2.74. The Morgan fingerprint density at radius 3 is 2.46 bits per heavy atom. The summed E-state index contributed by atoms with van der Waals surface area (Å²) in [5.41, 5.74) is 2.36. The van der Waals surface area contributed by atoms with E-state index in [1.54, 1.807) is 12.1 Å². The molecule has 0 bridgehead atoms. The molecule has 24 heavy (non-hydrogen) atoms. The summed E-state index contributed by atoms with van der Waals surface area (Å²) in [6, 6.07) is 7.84. The number of ketones is 1. The standard InChI is InChI=1S/C18H17NO5/c1-11-4-6-14(8-12(11)2)16(20)7-5-13-9-15(19(22)23)18(21)17(10-13)24-3/h4-10,21H,1-3H3/p-1/b7-5+. The number of nitro groups is 1. The van der Waals surface area contributed by atoms with E-state index in [2.05, 4.69) is 0 Å². The molecule has 0 aliphatic carbocycles. The van der Waals surface area contributed by atoms with Crippen LogP contribution in [0.15, 0.2) is 36.4 Å². The van der Waals surface area contributed by atoms with Gasteiger partial charge in [-0.15, -0.1) is 0 Å². The van der Waals surface area contributed by atoms with Crippen LogP contribution in [-0.4, -0.2) is 17.8 Å². The van der Waals surface area contributed by atoms with Crippen molar-refractivity contribution >= 4 is 17.5 Å². The lowest BCUT2D eigenvalue weighted by Gasteiger charge is -2.13. The van der Waals surface area contributed by atoms with Crippen molar-refractivity contribution in [1.82, 2.24) is 0 Å². The van der Waals surface area contributed by atoms with Crippen molar-refractivity contribution in [2.45, 2.75) is 13.8 Å². The van der Waals surface area contributed by atoms with Gasteiger partial charge in [0.15, 0.2) is 5.78 Å². The lowest BCUT2D eigenvalue weighted by atomic mass is 10.0. The van der Waals surface area contributed by atoms with Crippen LogP contribution >= 0.6 is 0 Å². The second-order valence-electron chi connectivity index (χ2n) is 5.33. The lowest BCUT2D eigenvalue weighted by Crippen LogP contribution is -2.01. The number of carbonyl (C=O) groups is 1. The third-order valence-corrected chi connectivity index (χ3v) is 3.69. The molecule has 0 unspecified atom stereocenters. The van der Waals surface area contributed by atoms with Gasteiger partial charge < -0.3 is 9.84 Å². The molecular weight excluding hydrogens is 310 g/mol. The number of ether oxygens (including phenoxy) is 1. The van der Waals surface area contributed by atoms with Gasteiger partial charge in [-0.05, 0) is 48.7 Å². The Labute approximate surface area is 139 Å². The first-order chi connectivity index (χ1) is 11.3. The average molecular weight is 326 g/mol. The van der Waals surface area contributed by atoms with E-state index in [4.69, 9.17) is 4.74 Å². The molecule has 0 fully saturated rings. The third-order valence-electron chi connectivity index (χ3n) is 3.69.